The van der Waals surface area contributed by atoms with E-state index in [-0.39, 0.29) is 12.8 Å². The molecule has 0 spiro atoms. The van der Waals surface area contributed by atoms with E-state index >= 15 is 0 Å². The molecule has 18 heavy (non-hydrogen) atoms. The third-order valence-electron chi connectivity index (χ3n) is 3.52. The number of benzene rings is 1. The Balaban J connectivity index is 3.41. The van der Waals surface area contributed by atoms with E-state index in [2.05, 4.69) is 4.74 Å². The number of hydrogen-bond donors (Lipinski definition) is 2. The second-order valence-electron chi connectivity index (χ2n) is 4.31. The van der Waals surface area contributed by atoms with E-state index in [4.69, 9.17) is 0 Å². The summed E-state index contributed by atoms with van der Waals surface area (Å²) in [6.45, 7) is 3.45. The lowest BCUT2D eigenvalue weighted by Crippen LogP contribution is -2.56. The zero-order valence-electron chi connectivity index (χ0n) is 11.0. The van der Waals surface area contributed by atoms with Crippen LogP contribution in [0.1, 0.15) is 32.3 Å². The summed E-state index contributed by atoms with van der Waals surface area (Å²) >= 11 is 0. The zero-order chi connectivity index (χ0) is 13.8. The van der Waals surface area contributed by atoms with E-state index in [1.807, 2.05) is 0 Å². The topological polar surface area (TPSA) is 66.8 Å². The summed E-state index contributed by atoms with van der Waals surface area (Å²) in [6.07, 6.45) is 0.480. The minimum atomic E-state index is -2.05. The van der Waals surface area contributed by atoms with Crippen molar-refractivity contribution in [1.29, 1.82) is 0 Å². The molecular weight excluding hydrogens is 232 g/mol. The van der Waals surface area contributed by atoms with Gasteiger partial charge in [0.15, 0.2) is 0 Å². The summed E-state index contributed by atoms with van der Waals surface area (Å²) in [5.41, 5.74) is -3.27. The van der Waals surface area contributed by atoms with Crippen molar-refractivity contribution in [2.24, 2.45) is 0 Å². The number of carbonyl (C=O) groups is 1. The van der Waals surface area contributed by atoms with Crippen LogP contribution in [0.3, 0.4) is 0 Å². The molecule has 0 radical (unpaired) electrons. The van der Waals surface area contributed by atoms with Crippen molar-refractivity contribution in [1.82, 2.24) is 0 Å². The molecule has 1 atom stereocenters. The molecule has 0 bridgehead atoms. The van der Waals surface area contributed by atoms with Crippen molar-refractivity contribution < 1.29 is 19.7 Å². The van der Waals surface area contributed by atoms with Crippen LogP contribution in [-0.4, -0.2) is 28.9 Å². The minimum absolute atomic E-state index is 0.240. The van der Waals surface area contributed by atoms with Crippen LogP contribution < -0.4 is 0 Å². The van der Waals surface area contributed by atoms with Crippen LogP contribution >= 0.6 is 0 Å². The highest BCUT2D eigenvalue weighted by Gasteiger charge is 2.55. The lowest BCUT2D eigenvalue weighted by Gasteiger charge is -2.40. The Kier molecular flexibility index (Phi) is 4.48. The predicted molar refractivity (Wildman–Crippen MR) is 67.9 cm³/mol. The van der Waals surface area contributed by atoms with E-state index in [0.29, 0.717) is 5.56 Å². The highest BCUT2D eigenvalue weighted by atomic mass is 16.5. The quantitative estimate of drug-likeness (QED) is 0.781. The van der Waals surface area contributed by atoms with Gasteiger partial charge in [0.25, 0.3) is 0 Å². The van der Waals surface area contributed by atoms with Gasteiger partial charge in [-0.2, -0.15) is 0 Å². The molecule has 1 aromatic carbocycles. The molecule has 0 aromatic heterocycles. The first-order valence-corrected chi connectivity index (χ1v) is 6.05. The Labute approximate surface area is 107 Å². The fourth-order valence-electron chi connectivity index (χ4n) is 2.17. The molecule has 0 saturated heterocycles. The standard InChI is InChI=1S/C14H20O4/c1-4-13(16,5-2)14(17,12(15)18-3)11-9-7-6-8-10-11/h6-10,16-17H,4-5H2,1-3H3. The number of methoxy groups -OCH3 is 1. The monoisotopic (exact) mass is 252 g/mol. The van der Waals surface area contributed by atoms with E-state index < -0.39 is 17.2 Å². The predicted octanol–water partition coefficient (Wildman–Crippen LogP) is 1.60. The minimum Gasteiger partial charge on any atom is -0.467 e. The lowest BCUT2D eigenvalue weighted by molar-refractivity contribution is -0.201. The smallest absolute Gasteiger partial charge is 0.345 e. The molecule has 100 valence electrons. The van der Waals surface area contributed by atoms with Gasteiger partial charge < -0.3 is 14.9 Å². The average molecular weight is 252 g/mol. The Morgan fingerprint density at radius 1 is 1.17 bits per heavy atom. The van der Waals surface area contributed by atoms with E-state index in [1.54, 1.807) is 44.2 Å². The summed E-state index contributed by atoms with van der Waals surface area (Å²) in [6, 6.07) is 8.39. The molecule has 2 N–H and O–H groups in total. The molecule has 0 saturated carbocycles. The maximum absolute atomic E-state index is 12.0. The Morgan fingerprint density at radius 2 is 1.67 bits per heavy atom. The normalized spacial score (nSPS) is 14.9. The van der Waals surface area contributed by atoms with Gasteiger partial charge in [0.05, 0.1) is 7.11 Å². The lowest BCUT2D eigenvalue weighted by atomic mass is 9.74. The zero-order valence-corrected chi connectivity index (χ0v) is 11.0. The van der Waals surface area contributed by atoms with E-state index in [0.717, 1.165) is 0 Å². The second kappa shape index (κ2) is 5.50. The first kappa shape index (κ1) is 14.7. The van der Waals surface area contributed by atoms with Crippen molar-refractivity contribution in [2.45, 2.75) is 37.9 Å². The van der Waals surface area contributed by atoms with Crippen LogP contribution in [0, 0.1) is 0 Å². The molecule has 0 amide bonds. The average Bonchev–Trinajstić information content (AvgIpc) is 2.45. The fraction of sp³-hybridized carbons (Fsp3) is 0.500. The summed E-state index contributed by atoms with van der Waals surface area (Å²) in [5.74, 6) is -0.847. The van der Waals surface area contributed by atoms with E-state index in [9.17, 15) is 15.0 Å². The largest absolute Gasteiger partial charge is 0.467 e. The van der Waals surface area contributed by atoms with Gasteiger partial charge in [0.2, 0.25) is 5.60 Å². The van der Waals surface area contributed by atoms with Gasteiger partial charge >= 0.3 is 5.97 Å². The summed E-state index contributed by atoms with van der Waals surface area (Å²) in [5, 5.41) is 21.3. The summed E-state index contributed by atoms with van der Waals surface area (Å²) in [4.78, 5) is 12.0. The highest BCUT2D eigenvalue weighted by Crippen LogP contribution is 2.38. The van der Waals surface area contributed by atoms with Crippen LogP contribution in [0.25, 0.3) is 0 Å². The molecule has 0 fully saturated rings. The molecule has 4 nitrogen and oxygen atoms in total. The fourth-order valence-corrected chi connectivity index (χ4v) is 2.17. The van der Waals surface area contributed by atoms with Crippen molar-refractivity contribution in [3.63, 3.8) is 0 Å². The highest BCUT2D eigenvalue weighted by molar-refractivity contribution is 5.82. The van der Waals surface area contributed by atoms with Gasteiger partial charge in [-0.05, 0) is 18.4 Å². The third kappa shape index (κ3) is 2.13. The number of hydrogen-bond acceptors (Lipinski definition) is 4. The Morgan fingerprint density at radius 3 is 2.06 bits per heavy atom. The van der Waals surface area contributed by atoms with Crippen LogP contribution in [0.4, 0.5) is 0 Å². The second-order valence-corrected chi connectivity index (χ2v) is 4.31. The molecule has 0 aliphatic rings. The maximum atomic E-state index is 12.0. The molecule has 4 heteroatoms. The van der Waals surface area contributed by atoms with Gasteiger partial charge in [-0.15, -0.1) is 0 Å². The third-order valence-corrected chi connectivity index (χ3v) is 3.52. The van der Waals surface area contributed by atoms with Crippen LogP contribution in [0.2, 0.25) is 0 Å². The first-order valence-electron chi connectivity index (χ1n) is 6.05. The van der Waals surface area contributed by atoms with Gasteiger partial charge in [0, 0.05) is 0 Å². The van der Waals surface area contributed by atoms with Gasteiger partial charge in [-0.3, -0.25) is 0 Å². The molecule has 0 aliphatic carbocycles. The molecule has 1 rings (SSSR count). The van der Waals surface area contributed by atoms with Crippen LogP contribution in [0.5, 0.6) is 0 Å². The number of ether oxygens (including phenoxy) is 1. The molecule has 0 heterocycles. The molecule has 1 aromatic rings. The van der Waals surface area contributed by atoms with Gasteiger partial charge in [0.1, 0.15) is 5.60 Å². The number of carbonyl (C=O) groups excluding carboxylic acids is 1. The van der Waals surface area contributed by atoms with Crippen molar-refractivity contribution >= 4 is 5.97 Å². The Bertz CT molecular complexity index is 398. The molecule has 0 aliphatic heterocycles. The Hall–Kier alpha value is -1.39. The first-order chi connectivity index (χ1) is 8.46. The number of aliphatic hydroxyl groups is 2. The summed E-state index contributed by atoms with van der Waals surface area (Å²) < 4.78 is 4.67. The van der Waals surface area contributed by atoms with Gasteiger partial charge in [-0.1, -0.05) is 44.2 Å². The van der Waals surface area contributed by atoms with Crippen molar-refractivity contribution in [2.75, 3.05) is 7.11 Å². The van der Waals surface area contributed by atoms with Crippen molar-refractivity contribution in [3.05, 3.63) is 35.9 Å². The maximum Gasteiger partial charge on any atom is 0.345 e. The van der Waals surface area contributed by atoms with Crippen LogP contribution in [0.15, 0.2) is 30.3 Å². The molecule has 1 unspecified atom stereocenters. The van der Waals surface area contributed by atoms with Crippen LogP contribution in [-0.2, 0) is 15.1 Å². The summed E-state index contributed by atoms with van der Waals surface area (Å²) in [7, 11) is 1.20. The number of esters is 1. The SMILES string of the molecule is CCC(O)(CC)C(O)(C(=O)OC)c1ccccc1. The molecular formula is C14H20O4. The number of rotatable bonds is 5. The van der Waals surface area contributed by atoms with Gasteiger partial charge in [-0.25, -0.2) is 4.79 Å². The van der Waals surface area contributed by atoms with Crippen molar-refractivity contribution in [3.8, 4) is 0 Å². The van der Waals surface area contributed by atoms with E-state index in [1.165, 1.54) is 7.11 Å².